The van der Waals surface area contributed by atoms with E-state index in [1.807, 2.05) is 0 Å². The first-order chi connectivity index (χ1) is 14.1. The van der Waals surface area contributed by atoms with Crippen LogP contribution in [0.25, 0.3) is 0 Å². The molecule has 3 rings (SSSR count). The first-order valence-corrected chi connectivity index (χ1v) is 11.7. The van der Waals surface area contributed by atoms with Gasteiger partial charge in [-0.3, -0.25) is 0 Å². The van der Waals surface area contributed by atoms with Gasteiger partial charge in [-0.05, 0) is 49.4 Å². The number of benzene rings is 3. The third kappa shape index (κ3) is 4.19. The van der Waals surface area contributed by atoms with Gasteiger partial charge < -0.3 is 4.74 Å². The Morgan fingerprint density at radius 1 is 0.733 bits per heavy atom. The summed E-state index contributed by atoms with van der Waals surface area (Å²) in [6, 6.07) is 18.5. The number of ether oxygens (including phenoxy) is 1. The topological polar surface area (TPSA) is 94.6 Å². The lowest BCUT2D eigenvalue weighted by atomic mass is 10.3. The summed E-state index contributed by atoms with van der Waals surface area (Å²) in [5.74, 6) is -1.10. The highest BCUT2D eigenvalue weighted by Gasteiger charge is 2.27. The monoisotopic (exact) mass is 442 g/mol. The number of hydrogen-bond acceptors (Lipinski definition) is 6. The van der Waals surface area contributed by atoms with Gasteiger partial charge in [-0.15, -0.1) is 0 Å². The van der Waals surface area contributed by atoms with Crippen molar-refractivity contribution < 1.29 is 26.4 Å². The second kappa shape index (κ2) is 8.25. The van der Waals surface area contributed by atoms with Crippen LogP contribution in [0.15, 0.2) is 111 Å². The van der Waals surface area contributed by atoms with Gasteiger partial charge in [0.25, 0.3) is 0 Å². The third-order valence-corrected chi connectivity index (χ3v) is 7.73. The number of carbonyl (C=O) groups is 1. The maximum atomic E-state index is 13.2. The Hall–Kier alpha value is -3.23. The minimum absolute atomic E-state index is 0.0136. The first kappa shape index (κ1) is 21.5. The highest BCUT2D eigenvalue weighted by atomic mass is 32.2. The maximum absolute atomic E-state index is 13.2. The number of sulfone groups is 2. The van der Waals surface area contributed by atoms with Gasteiger partial charge in [-0.2, -0.15) is 0 Å². The van der Waals surface area contributed by atoms with Crippen LogP contribution >= 0.6 is 0 Å². The van der Waals surface area contributed by atoms with Gasteiger partial charge >= 0.3 is 5.97 Å². The molecule has 0 aromatic heterocycles. The summed E-state index contributed by atoms with van der Waals surface area (Å²) in [4.78, 5) is 11.3. The van der Waals surface area contributed by atoms with E-state index in [9.17, 15) is 21.6 Å². The molecule has 0 atom stereocenters. The Morgan fingerprint density at radius 2 is 1.23 bits per heavy atom. The average molecular weight is 443 g/mol. The van der Waals surface area contributed by atoms with Crippen LogP contribution in [0, 0.1) is 0 Å². The number of rotatable bonds is 6. The fourth-order valence-electron chi connectivity index (χ4n) is 2.60. The molecular formula is C22H18O6S2. The summed E-state index contributed by atoms with van der Waals surface area (Å²) in [7, 11) is -8.17. The van der Waals surface area contributed by atoms with Gasteiger partial charge in [0.15, 0.2) is 0 Å². The SMILES string of the molecule is C=C(C)C(=O)Oc1ccc(S(=O)(=O)c2ccccc2)cc1S(=O)(=O)c1ccccc1. The molecule has 30 heavy (non-hydrogen) atoms. The van der Waals surface area contributed by atoms with E-state index in [1.54, 1.807) is 24.3 Å². The zero-order valence-corrected chi connectivity index (χ0v) is 17.6. The van der Waals surface area contributed by atoms with Crippen molar-refractivity contribution in [2.24, 2.45) is 0 Å². The molecule has 6 nitrogen and oxygen atoms in total. The van der Waals surface area contributed by atoms with E-state index in [2.05, 4.69) is 6.58 Å². The van der Waals surface area contributed by atoms with Crippen LogP contribution in [-0.4, -0.2) is 22.8 Å². The van der Waals surface area contributed by atoms with Crippen molar-refractivity contribution in [3.63, 3.8) is 0 Å². The standard InChI is InChI=1S/C22H18O6S2/c1-16(2)22(23)28-20-14-13-19(29(24,25)17-9-5-3-6-10-17)15-21(20)30(26,27)18-11-7-4-8-12-18/h3-15H,1H2,2H3. The molecule has 0 aliphatic carbocycles. The Balaban J connectivity index is 2.22. The molecule has 0 saturated carbocycles. The van der Waals surface area contributed by atoms with Crippen molar-refractivity contribution >= 4 is 25.6 Å². The normalized spacial score (nSPS) is 11.6. The molecule has 0 bridgehead atoms. The molecule has 0 fully saturated rings. The molecule has 0 amide bonds. The van der Waals surface area contributed by atoms with Crippen LogP contribution in [0.3, 0.4) is 0 Å². The minimum atomic E-state index is -4.18. The molecule has 8 heteroatoms. The maximum Gasteiger partial charge on any atom is 0.338 e. The zero-order chi connectivity index (χ0) is 21.9. The molecule has 3 aromatic rings. The van der Waals surface area contributed by atoms with Crippen molar-refractivity contribution in [3.8, 4) is 5.75 Å². The van der Waals surface area contributed by atoms with E-state index >= 15 is 0 Å². The van der Waals surface area contributed by atoms with Gasteiger partial charge in [0, 0.05) is 5.57 Å². The summed E-state index contributed by atoms with van der Waals surface area (Å²) >= 11 is 0. The van der Waals surface area contributed by atoms with Crippen molar-refractivity contribution in [1.29, 1.82) is 0 Å². The molecule has 0 heterocycles. The quantitative estimate of drug-likeness (QED) is 0.327. The van der Waals surface area contributed by atoms with Gasteiger partial charge in [0.1, 0.15) is 10.6 Å². The van der Waals surface area contributed by atoms with E-state index in [-0.39, 0.29) is 26.0 Å². The highest BCUT2D eigenvalue weighted by Crippen LogP contribution is 2.33. The lowest BCUT2D eigenvalue weighted by molar-refractivity contribution is -0.130. The summed E-state index contributed by atoms with van der Waals surface area (Å²) in [5, 5.41) is 0. The molecule has 0 radical (unpaired) electrons. The molecule has 0 N–H and O–H groups in total. The predicted molar refractivity (Wildman–Crippen MR) is 111 cm³/mol. The van der Waals surface area contributed by atoms with E-state index in [4.69, 9.17) is 4.74 Å². The molecule has 0 spiro atoms. The average Bonchev–Trinajstić information content (AvgIpc) is 2.75. The van der Waals surface area contributed by atoms with E-state index in [0.717, 1.165) is 12.1 Å². The van der Waals surface area contributed by atoms with Gasteiger partial charge in [0.2, 0.25) is 19.7 Å². The fraction of sp³-hybridized carbons (Fsp3) is 0.0455. The fourth-order valence-corrected chi connectivity index (χ4v) is 5.41. The van der Waals surface area contributed by atoms with Crippen LogP contribution in [0.2, 0.25) is 0 Å². The Morgan fingerprint density at radius 3 is 1.73 bits per heavy atom. The Kier molecular flexibility index (Phi) is 5.91. The second-order valence-corrected chi connectivity index (χ2v) is 10.3. The second-order valence-electron chi connectivity index (χ2n) is 6.41. The molecule has 0 aliphatic heterocycles. The van der Waals surface area contributed by atoms with E-state index < -0.39 is 30.5 Å². The van der Waals surface area contributed by atoms with Crippen LogP contribution in [0.1, 0.15) is 6.92 Å². The largest absolute Gasteiger partial charge is 0.422 e. The molecule has 154 valence electrons. The molecule has 0 unspecified atom stereocenters. The van der Waals surface area contributed by atoms with Crippen LogP contribution in [-0.2, 0) is 24.5 Å². The summed E-state index contributed by atoms with van der Waals surface area (Å²) in [5.41, 5.74) is 0.0686. The zero-order valence-electron chi connectivity index (χ0n) is 16.0. The summed E-state index contributed by atoms with van der Waals surface area (Å²) in [6.45, 7) is 4.90. The molecular weight excluding hydrogens is 424 g/mol. The van der Waals surface area contributed by atoms with E-state index in [1.165, 1.54) is 49.4 Å². The molecule has 0 aliphatic rings. The summed E-state index contributed by atoms with van der Waals surface area (Å²) in [6.07, 6.45) is 0. The number of esters is 1. The van der Waals surface area contributed by atoms with Crippen molar-refractivity contribution in [1.82, 2.24) is 0 Å². The number of hydrogen-bond donors (Lipinski definition) is 0. The van der Waals surface area contributed by atoms with Crippen molar-refractivity contribution in [2.45, 2.75) is 26.5 Å². The van der Waals surface area contributed by atoms with Crippen molar-refractivity contribution in [2.75, 3.05) is 0 Å². The van der Waals surface area contributed by atoms with Crippen LogP contribution in [0.4, 0.5) is 0 Å². The van der Waals surface area contributed by atoms with Crippen LogP contribution in [0.5, 0.6) is 5.75 Å². The smallest absolute Gasteiger partial charge is 0.338 e. The van der Waals surface area contributed by atoms with Crippen molar-refractivity contribution in [3.05, 3.63) is 91.0 Å². The Labute approximate surface area is 175 Å². The molecule has 0 saturated heterocycles. The van der Waals surface area contributed by atoms with Gasteiger partial charge in [0.05, 0.1) is 14.7 Å². The number of carbonyl (C=O) groups excluding carboxylic acids is 1. The third-order valence-electron chi connectivity index (χ3n) is 4.17. The van der Waals surface area contributed by atoms with Crippen LogP contribution < -0.4 is 4.74 Å². The molecule has 3 aromatic carbocycles. The lowest BCUT2D eigenvalue weighted by Gasteiger charge is -2.13. The van der Waals surface area contributed by atoms with Gasteiger partial charge in [-0.25, -0.2) is 21.6 Å². The van der Waals surface area contributed by atoms with E-state index in [0.29, 0.717) is 0 Å². The lowest BCUT2D eigenvalue weighted by Crippen LogP contribution is -2.13. The summed E-state index contributed by atoms with van der Waals surface area (Å²) < 4.78 is 57.6. The minimum Gasteiger partial charge on any atom is -0.422 e. The van der Waals surface area contributed by atoms with Gasteiger partial charge in [-0.1, -0.05) is 43.0 Å². The predicted octanol–water partition coefficient (Wildman–Crippen LogP) is 3.83. The highest BCUT2D eigenvalue weighted by molar-refractivity contribution is 7.92. The first-order valence-electron chi connectivity index (χ1n) is 8.76. The Bertz CT molecular complexity index is 1310.